The minimum atomic E-state index is -0.266. The molecular formula is C26H27N9O. The van der Waals surface area contributed by atoms with Gasteiger partial charge in [0.05, 0.1) is 17.6 Å². The first-order valence-corrected chi connectivity index (χ1v) is 12.1. The normalized spacial score (nSPS) is 14.9. The molecule has 1 aliphatic rings. The van der Waals surface area contributed by atoms with Gasteiger partial charge in [0.1, 0.15) is 11.4 Å². The van der Waals surface area contributed by atoms with Gasteiger partial charge in [0, 0.05) is 42.8 Å². The molecule has 0 bridgehead atoms. The lowest BCUT2D eigenvalue weighted by molar-refractivity contribution is 0.102. The quantitative estimate of drug-likeness (QED) is 0.384. The molecular weight excluding hydrogens is 454 g/mol. The van der Waals surface area contributed by atoms with Crippen molar-refractivity contribution in [2.24, 2.45) is 0 Å². The molecule has 2 N–H and O–H groups in total. The number of carbonyl (C=O) groups excluding carboxylic acids is 1. The highest BCUT2D eigenvalue weighted by molar-refractivity contribution is 6.07. The summed E-state index contributed by atoms with van der Waals surface area (Å²) in [6.07, 6.45) is 8.77. The van der Waals surface area contributed by atoms with Crippen molar-refractivity contribution in [3.8, 4) is 5.69 Å². The monoisotopic (exact) mass is 481 g/mol. The minimum absolute atomic E-state index is 0.266. The van der Waals surface area contributed by atoms with E-state index >= 15 is 0 Å². The molecule has 182 valence electrons. The lowest BCUT2D eigenvalue weighted by Crippen LogP contribution is -2.32. The molecule has 5 aromatic rings. The van der Waals surface area contributed by atoms with E-state index in [2.05, 4.69) is 37.4 Å². The number of aromatic nitrogens is 7. The summed E-state index contributed by atoms with van der Waals surface area (Å²) in [5.41, 5.74) is 5.12. The molecule has 0 aliphatic carbocycles. The summed E-state index contributed by atoms with van der Waals surface area (Å²) in [7, 11) is 0. The number of likely N-dealkylation sites (tertiary alicyclic amines) is 1. The van der Waals surface area contributed by atoms with Crippen molar-refractivity contribution in [1.82, 2.24) is 39.5 Å². The van der Waals surface area contributed by atoms with Crippen LogP contribution in [0.25, 0.3) is 11.3 Å². The number of hydrogen-bond acceptors (Lipinski definition) is 6. The highest BCUT2D eigenvalue weighted by atomic mass is 16.1. The summed E-state index contributed by atoms with van der Waals surface area (Å²) < 4.78 is 3.41. The number of aryl methyl sites for hydroxylation is 1. The number of nitrogens with one attached hydrogen (secondary N) is 2. The number of hydrogen-bond donors (Lipinski definition) is 2. The van der Waals surface area contributed by atoms with Crippen molar-refractivity contribution in [2.45, 2.75) is 32.2 Å². The van der Waals surface area contributed by atoms with Gasteiger partial charge in [-0.1, -0.05) is 17.7 Å². The third-order valence-electron chi connectivity index (χ3n) is 6.73. The first-order valence-electron chi connectivity index (χ1n) is 12.1. The first-order chi connectivity index (χ1) is 17.6. The Kier molecular flexibility index (Phi) is 5.78. The van der Waals surface area contributed by atoms with Crippen LogP contribution in [-0.4, -0.2) is 58.5 Å². The van der Waals surface area contributed by atoms with Gasteiger partial charge < -0.3 is 5.32 Å². The third-order valence-corrected chi connectivity index (χ3v) is 6.73. The Bertz CT molecular complexity index is 1480. The highest BCUT2D eigenvalue weighted by Gasteiger charge is 2.25. The Morgan fingerprint density at radius 1 is 1.14 bits per heavy atom. The lowest BCUT2D eigenvalue weighted by Gasteiger charge is -2.30. The molecule has 1 aliphatic heterocycles. The molecule has 4 aromatic heterocycles. The average Bonchev–Trinajstić information content (AvgIpc) is 3.65. The van der Waals surface area contributed by atoms with E-state index < -0.39 is 0 Å². The molecule has 0 spiro atoms. The number of rotatable bonds is 6. The molecule has 5 heterocycles. The van der Waals surface area contributed by atoms with Crippen LogP contribution in [-0.2, 0) is 6.54 Å². The maximum absolute atomic E-state index is 13.2. The lowest BCUT2D eigenvalue weighted by atomic mass is 9.93. The average molecular weight is 482 g/mol. The van der Waals surface area contributed by atoms with Gasteiger partial charge in [-0.05, 0) is 57.1 Å². The first kappa shape index (κ1) is 22.2. The largest absolute Gasteiger partial charge is 0.306 e. The van der Waals surface area contributed by atoms with Crippen molar-refractivity contribution >= 4 is 17.4 Å². The number of amides is 1. The molecule has 10 heteroatoms. The number of fused-ring (bicyclic) bond motifs is 1. The summed E-state index contributed by atoms with van der Waals surface area (Å²) in [5.74, 6) is 0.691. The van der Waals surface area contributed by atoms with Crippen molar-refractivity contribution in [2.75, 3.05) is 18.4 Å². The number of benzene rings is 1. The van der Waals surface area contributed by atoms with E-state index in [0.717, 1.165) is 49.6 Å². The SMILES string of the molecule is Cc1ccc(-n2nc(C3CCN(Cc4ccn[nH]4)CC3)cc2NC(=O)c2cnn3cccnc23)cc1. The van der Waals surface area contributed by atoms with Crippen molar-refractivity contribution < 1.29 is 4.79 Å². The van der Waals surface area contributed by atoms with Gasteiger partial charge in [-0.2, -0.15) is 15.3 Å². The van der Waals surface area contributed by atoms with Gasteiger partial charge in [-0.3, -0.25) is 14.8 Å². The van der Waals surface area contributed by atoms with Crippen LogP contribution in [0.1, 0.15) is 46.1 Å². The minimum Gasteiger partial charge on any atom is -0.306 e. The van der Waals surface area contributed by atoms with E-state index in [4.69, 9.17) is 5.10 Å². The van der Waals surface area contributed by atoms with Crippen molar-refractivity contribution in [3.05, 3.63) is 89.8 Å². The van der Waals surface area contributed by atoms with Crippen LogP contribution in [0.5, 0.6) is 0 Å². The molecule has 0 saturated carbocycles. The Labute approximate surface area is 208 Å². The zero-order chi connectivity index (χ0) is 24.5. The summed E-state index contributed by atoms with van der Waals surface area (Å²) in [5, 5.41) is 19.4. The molecule has 10 nitrogen and oxygen atoms in total. The molecule has 1 fully saturated rings. The maximum Gasteiger partial charge on any atom is 0.262 e. The molecule has 1 aromatic carbocycles. The van der Waals surface area contributed by atoms with Gasteiger partial charge in [-0.15, -0.1) is 0 Å². The number of carbonyl (C=O) groups is 1. The molecule has 1 amide bonds. The van der Waals surface area contributed by atoms with Gasteiger partial charge >= 0.3 is 0 Å². The molecule has 1 saturated heterocycles. The van der Waals surface area contributed by atoms with Gasteiger partial charge in [0.2, 0.25) is 0 Å². The predicted molar refractivity (Wildman–Crippen MR) is 135 cm³/mol. The van der Waals surface area contributed by atoms with E-state index in [0.29, 0.717) is 22.9 Å². The Balaban J connectivity index is 1.25. The van der Waals surface area contributed by atoms with E-state index in [9.17, 15) is 4.79 Å². The van der Waals surface area contributed by atoms with Crippen LogP contribution >= 0.6 is 0 Å². The van der Waals surface area contributed by atoms with Gasteiger partial charge in [-0.25, -0.2) is 14.2 Å². The number of aromatic amines is 1. The third kappa shape index (κ3) is 4.38. The van der Waals surface area contributed by atoms with Crippen LogP contribution < -0.4 is 5.32 Å². The number of H-pyrrole nitrogens is 1. The molecule has 6 rings (SSSR count). The van der Waals surface area contributed by atoms with Gasteiger partial charge in [0.25, 0.3) is 5.91 Å². The Morgan fingerprint density at radius 2 is 1.97 bits per heavy atom. The van der Waals surface area contributed by atoms with Gasteiger partial charge in [0.15, 0.2) is 5.65 Å². The number of piperidine rings is 1. The molecule has 0 unspecified atom stereocenters. The standard InChI is InChI=1S/C26H27N9O/c1-18-3-5-21(6-4-18)35-24(30-26(36)22-16-29-34-12-2-10-27-25(22)34)15-23(32-35)19-8-13-33(14-9-19)17-20-7-11-28-31-20/h2-7,10-12,15-16,19H,8-9,13-14,17H2,1H3,(H,28,31)(H,30,36). The predicted octanol–water partition coefficient (Wildman–Crippen LogP) is 3.58. The van der Waals surface area contributed by atoms with Crippen molar-refractivity contribution in [1.29, 1.82) is 0 Å². The maximum atomic E-state index is 13.2. The Hall–Kier alpha value is -4.31. The fraction of sp³-hybridized carbons (Fsp3) is 0.269. The summed E-state index contributed by atoms with van der Waals surface area (Å²) in [6, 6.07) is 13.9. The van der Waals surface area contributed by atoms with E-state index in [1.54, 1.807) is 35.4 Å². The second-order valence-corrected chi connectivity index (χ2v) is 9.23. The zero-order valence-electron chi connectivity index (χ0n) is 20.0. The highest BCUT2D eigenvalue weighted by Crippen LogP contribution is 2.31. The van der Waals surface area contributed by atoms with E-state index in [-0.39, 0.29) is 5.91 Å². The summed E-state index contributed by atoms with van der Waals surface area (Å²) in [4.78, 5) is 20.0. The Morgan fingerprint density at radius 3 is 2.75 bits per heavy atom. The second-order valence-electron chi connectivity index (χ2n) is 9.23. The zero-order valence-corrected chi connectivity index (χ0v) is 20.0. The molecule has 0 radical (unpaired) electrons. The van der Waals surface area contributed by atoms with Crippen LogP contribution in [0, 0.1) is 6.92 Å². The fourth-order valence-electron chi connectivity index (χ4n) is 4.74. The van der Waals surface area contributed by atoms with Crippen LogP contribution in [0.3, 0.4) is 0 Å². The van der Waals surface area contributed by atoms with E-state index in [1.807, 2.05) is 41.1 Å². The topological polar surface area (TPSA) is 109 Å². The summed E-state index contributed by atoms with van der Waals surface area (Å²) >= 11 is 0. The smallest absolute Gasteiger partial charge is 0.262 e. The summed E-state index contributed by atoms with van der Waals surface area (Å²) in [6.45, 7) is 4.89. The number of nitrogens with zero attached hydrogens (tertiary/aromatic N) is 7. The number of anilines is 1. The van der Waals surface area contributed by atoms with Crippen molar-refractivity contribution in [3.63, 3.8) is 0 Å². The van der Waals surface area contributed by atoms with Crippen LogP contribution in [0.15, 0.2) is 67.3 Å². The second kappa shape index (κ2) is 9.38. The van der Waals surface area contributed by atoms with E-state index in [1.165, 1.54) is 5.56 Å². The van der Waals surface area contributed by atoms with Crippen LogP contribution in [0.2, 0.25) is 0 Å². The van der Waals surface area contributed by atoms with Crippen LogP contribution in [0.4, 0.5) is 5.82 Å². The molecule has 36 heavy (non-hydrogen) atoms. The fourth-order valence-corrected chi connectivity index (χ4v) is 4.74. The molecule has 0 atom stereocenters.